The fourth-order valence-corrected chi connectivity index (χ4v) is 6.23. The molecule has 1 amide bonds. The predicted octanol–water partition coefficient (Wildman–Crippen LogP) is 3.73. The van der Waals surface area contributed by atoms with E-state index >= 15 is 0 Å². The van der Waals surface area contributed by atoms with Crippen LogP contribution in [0.1, 0.15) is 45.2 Å². The van der Waals surface area contributed by atoms with Gasteiger partial charge in [-0.1, -0.05) is 60.7 Å². The Labute approximate surface area is 308 Å². The maximum absolute atomic E-state index is 13.8. The zero-order valence-corrected chi connectivity index (χ0v) is 30.6. The fourth-order valence-electron chi connectivity index (χ4n) is 5.10. The van der Waals surface area contributed by atoms with Crippen molar-refractivity contribution in [3.05, 3.63) is 71.8 Å². The summed E-state index contributed by atoms with van der Waals surface area (Å²) >= 11 is 0. The van der Waals surface area contributed by atoms with Gasteiger partial charge in [0.25, 0.3) is 5.79 Å². The number of ether oxygens (including phenoxy) is 6. The summed E-state index contributed by atoms with van der Waals surface area (Å²) in [7, 11) is -1.79. The van der Waals surface area contributed by atoms with Crippen molar-refractivity contribution in [2.45, 2.75) is 89.8 Å². The number of alkyl halides is 3. The van der Waals surface area contributed by atoms with Crippen molar-refractivity contribution < 1.29 is 83.9 Å². The minimum absolute atomic E-state index is 0.160. The van der Waals surface area contributed by atoms with Crippen molar-refractivity contribution in [1.29, 1.82) is 0 Å². The van der Waals surface area contributed by atoms with Crippen LogP contribution in [0.2, 0.25) is 0 Å². The maximum atomic E-state index is 13.8. The van der Waals surface area contributed by atoms with Crippen LogP contribution >= 0.6 is 8.60 Å². The van der Waals surface area contributed by atoms with Gasteiger partial charge in [0, 0.05) is 27.7 Å². The third-order valence-corrected chi connectivity index (χ3v) is 8.39. The molecule has 6 atom stereocenters. The van der Waals surface area contributed by atoms with E-state index in [4.69, 9.17) is 42.0 Å². The number of carbonyl (C=O) groups excluding carboxylic acids is 6. The number of rotatable bonds is 17. The van der Waals surface area contributed by atoms with Crippen LogP contribution in [-0.2, 0) is 84.0 Å². The normalized spacial score (nSPS) is 20.9. The van der Waals surface area contributed by atoms with E-state index in [0.717, 1.165) is 34.8 Å². The van der Waals surface area contributed by atoms with Gasteiger partial charge in [0.1, 0.15) is 18.8 Å². The summed E-state index contributed by atoms with van der Waals surface area (Å²) < 4.78 is 91.3. The predicted molar refractivity (Wildman–Crippen MR) is 176 cm³/mol. The number of hydrogen-bond acceptors (Lipinski definition) is 15. The summed E-state index contributed by atoms with van der Waals surface area (Å²) in [6.07, 6.45) is -14.6. The molecular weight excluding hydrogens is 750 g/mol. The average molecular weight is 790 g/mol. The monoisotopic (exact) mass is 789 g/mol. The SMILES string of the molecule is COC(=O)[C@]1(OP(OCc2ccccc2)OCc2ccccc2)C[C@H](OC(C)=O)[C@@H](NC(=O)C(F)(F)F)[C@H]([C@H](OC(C)=O)[C@@H](COC(C)=O)OC(C)=O)O1. The molecule has 0 unspecified atom stereocenters. The van der Waals surface area contributed by atoms with Crippen LogP contribution in [0.3, 0.4) is 0 Å². The first-order chi connectivity index (χ1) is 25.4. The molecule has 3 rings (SSSR count). The highest BCUT2D eigenvalue weighted by Gasteiger charge is 2.61. The van der Waals surface area contributed by atoms with Crippen LogP contribution in [0.25, 0.3) is 0 Å². The Bertz CT molecular complexity index is 1560. The second-order valence-electron chi connectivity index (χ2n) is 11.5. The molecule has 0 aliphatic carbocycles. The Morgan fingerprint density at radius 1 is 0.833 bits per heavy atom. The number of esters is 5. The molecular formula is C34H39F3NO15P. The summed E-state index contributed by atoms with van der Waals surface area (Å²) in [5.74, 6) is -10.9. The van der Waals surface area contributed by atoms with Crippen LogP contribution in [0.15, 0.2) is 60.7 Å². The molecule has 1 fully saturated rings. The molecule has 0 aromatic heterocycles. The van der Waals surface area contributed by atoms with Gasteiger partial charge in [-0.3, -0.25) is 28.5 Å². The molecule has 0 radical (unpaired) electrons. The first-order valence-corrected chi connectivity index (χ1v) is 17.2. The number of methoxy groups -OCH3 is 1. The second-order valence-corrected chi connectivity index (χ2v) is 12.7. The Hall–Kier alpha value is -4.68. The molecule has 54 heavy (non-hydrogen) atoms. The minimum Gasteiger partial charge on any atom is -0.465 e. The Morgan fingerprint density at radius 3 is 1.81 bits per heavy atom. The highest BCUT2D eigenvalue weighted by atomic mass is 31.2. The molecule has 1 aliphatic rings. The lowest BCUT2D eigenvalue weighted by atomic mass is 9.88. The van der Waals surface area contributed by atoms with Crippen LogP contribution in [0.4, 0.5) is 13.2 Å². The van der Waals surface area contributed by atoms with Gasteiger partial charge < -0.3 is 42.8 Å². The van der Waals surface area contributed by atoms with E-state index in [1.54, 1.807) is 66.0 Å². The number of nitrogens with one attached hydrogen (secondary N) is 1. The summed E-state index contributed by atoms with van der Waals surface area (Å²) in [4.78, 5) is 75.2. The van der Waals surface area contributed by atoms with E-state index < -0.39 is 99.8 Å². The minimum atomic E-state index is -5.52. The fraction of sp³-hybridized carbons (Fsp3) is 0.471. The van der Waals surface area contributed by atoms with Gasteiger partial charge in [0.15, 0.2) is 12.2 Å². The average Bonchev–Trinajstić information content (AvgIpc) is 3.10. The second kappa shape index (κ2) is 20.1. The highest BCUT2D eigenvalue weighted by Crippen LogP contribution is 2.50. The van der Waals surface area contributed by atoms with E-state index in [-0.39, 0.29) is 13.2 Å². The first-order valence-electron chi connectivity index (χ1n) is 16.1. The van der Waals surface area contributed by atoms with E-state index in [9.17, 15) is 41.9 Å². The van der Waals surface area contributed by atoms with Gasteiger partial charge >= 0.3 is 50.5 Å². The van der Waals surface area contributed by atoms with Crippen molar-refractivity contribution in [2.75, 3.05) is 13.7 Å². The number of carbonyl (C=O) groups is 6. The van der Waals surface area contributed by atoms with Crippen LogP contribution in [0.5, 0.6) is 0 Å². The topological polar surface area (TPSA) is 198 Å². The summed E-state index contributed by atoms with van der Waals surface area (Å²) in [6, 6.07) is 15.1. The molecule has 1 aliphatic heterocycles. The lowest BCUT2D eigenvalue weighted by Crippen LogP contribution is -2.69. The molecule has 0 saturated carbocycles. The van der Waals surface area contributed by atoms with Gasteiger partial charge in [-0.05, 0) is 11.1 Å². The van der Waals surface area contributed by atoms with Crippen LogP contribution < -0.4 is 5.32 Å². The number of halogens is 3. The highest BCUT2D eigenvalue weighted by molar-refractivity contribution is 7.41. The molecule has 1 saturated heterocycles. The first kappa shape index (κ1) is 43.7. The van der Waals surface area contributed by atoms with Gasteiger partial charge in [-0.25, -0.2) is 4.79 Å². The third-order valence-electron chi connectivity index (χ3n) is 7.26. The van der Waals surface area contributed by atoms with E-state index in [2.05, 4.69) is 0 Å². The molecule has 20 heteroatoms. The standard InChI is InChI=1S/C34H39F3NO15P/c1-20(39)46-19-27(50-22(3)41)29(51-23(4)42)30-28(38-31(43)34(35,36)37)26(49-21(2)40)16-33(52-30,32(44)45-5)53-54(47-17-24-12-8-6-9-13-24)48-18-25-14-10-7-11-15-25/h6-15,26-30H,16-19H2,1-5H3,(H,38,43)/t26-,27+,28+,29+,30+,33+/m0/s1. The van der Waals surface area contributed by atoms with Crippen molar-refractivity contribution >= 4 is 44.4 Å². The van der Waals surface area contributed by atoms with Crippen molar-refractivity contribution in [3.8, 4) is 0 Å². The Balaban J connectivity index is 2.23. The third kappa shape index (κ3) is 13.3. The van der Waals surface area contributed by atoms with Gasteiger partial charge in [0.05, 0.1) is 32.8 Å². The zero-order valence-electron chi connectivity index (χ0n) is 29.7. The molecule has 16 nitrogen and oxygen atoms in total. The largest absolute Gasteiger partial charge is 0.471 e. The van der Waals surface area contributed by atoms with Gasteiger partial charge in [0.2, 0.25) is 0 Å². The number of amides is 1. The van der Waals surface area contributed by atoms with E-state index in [1.807, 2.05) is 0 Å². The molecule has 1 N–H and O–H groups in total. The van der Waals surface area contributed by atoms with E-state index in [0.29, 0.717) is 11.1 Å². The lowest BCUT2D eigenvalue weighted by molar-refractivity contribution is -0.292. The van der Waals surface area contributed by atoms with Crippen LogP contribution in [0, 0.1) is 0 Å². The summed E-state index contributed by atoms with van der Waals surface area (Å²) in [6.45, 7) is 2.47. The maximum Gasteiger partial charge on any atom is 0.471 e. The van der Waals surface area contributed by atoms with Crippen molar-refractivity contribution in [3.63, 3.8) is 0 Å². The lowest BCUT2D eigenvalue weighted by Gasteiger charge is -2.48. The van der Waals surface area contributed by atoms with Crippen LogP contribution in [-0.4, -0.2) is 91.9 Å². The number of benzene rings is 2. The van der Waals surface area contributed by atoms with Crippen molar-refractivity contribution in [2.24, 2.45) is 0 Å². The molecule has 2 aromatic carbocycles. The Kier molecular flexibility index (Phi) is 16.3. The quantitative estimate of drug-likeness (QED) is 0.138. The van der Waals surface area contributed by atoms with Gasteiger partial charge in [-0.15, -0.1) is 0 Å². The summed E-state index contributed by atoms with van der Waals surface area (Å²) in [5, 5.41) is 1.66. The summed E-state index contributed by atoms with van der Waals surface area (Å²) in [5.41, 5.74) is 1.26. The molecule has 0 spiro atoms. The molecule has 1 heterocycles. The van der Waals surface area contributed by atoms with Crippen molar-refractivity contribution in [1.82, 2.24) is 5.32 Å². The van der Waals surface area contributed by atoms with E-state index in [1.165, 1.54) is 0 Å². The molecule has 0 bridgehead atoms. The Morgan fingerprint density at radius 2 is 1.37 bits per heavy atom. The zero-order chi connectivity index (χ0) is 40.1. The van der Waals surface area contributed by atoms with Gasteiger partial charge in [-0.2, -0.15) is 13.2 Å². The number of hydrogen-bond donors (Lipinski definition) is 1. The smallest absolute Gasteiger partial charge is 0.465 e. The molecule has 296 valence electrons. The molecule has 2 aromatic rings.